The van der Waals surface area contributed by atoms with E-state index in [1.165, 1.54) is 14.0 Å². The number of carbonyl (C=O) groups is 2. The molecule has 0 N–H and O–H groups in total. The average molecular weight is 215 g/mol. The van der Waals surface area contributed by atoms with Crippen LogP contribution in [0.4, 0.5) is 0 Å². The fraction of sp³-hybridized carbons (Fsp3) is 0.818. The Kier molecular flexibility index (Phi) is 6.75. The second-order valence-corrected chi connectivity index (χ2v) is 4.01. The van der Waals surface area contributed by atoms with Crippen molar-refractivity contribution in [2.24, 2.45) is 5.92 Å². The molecule has 0 rings (SSSR count). The highest BCUT2D eigenvalue weighted by molar-refractivity contribution is 5.74. The molecule has 0 radical (unpaired) electrons. The van der Waals surface area contributed by atoms with E-state index in [1.54, 1.807) is 4.90 Å². The molecule has 0 saturated carbocycles. The van der Waals surface area contributed by atoms with Crippen LogP contribution in [-0.2, 0) is 14.3 Å². The second kappa shape index (κ2) is 7.26. The van der Waals surface area contributed by atoms with Crippen LogP contribution in [-0.4, -0.2) is 37.0 Å². The lowest BCUT2D eigenvalue weighted by molar-refractivity contribution is -0.141. The topological polar surface area (TPSA) is 46.6 Å². The van der Waals surface area contributed by atoms with Crippen molar-refractivity contribution in [1.82, 2.24) is 4.90 Å². The Hall–Kier alpha value is -1.06. The molecule has 1 amide bonds. The van der Waals surface area contributed by atoms with E-state index >= 15 is 0 Å². The summed E-state index contributed by atoms with van der Waals surface area (Å²) in [6.45, 7) is 6.91. The van der Waals surface area contributed by atoms with E-state index in [9.17, 15) is 9.59 Å². The van der Waals surface area contributed by atoms with Crippen molar-refractivity contribution in [1.29, 1.82) is 0 Å². The molecule has 0 unspecified atom stereocenters. The fourth-order valence-electron chi connectivity index (χ4n) is 1.17. The highest BCUT2D eigenvalue weighted by atomic mass is 16.5. The molecule has 0 aromatic rings. The maximum Gasteiger partial charge on any atom is 0.307 e. The van der Waals surface area contributed by atoms with E-state index in [2.05, 4.69) is 18.6 Å². The Balaban J connectivity index is 3.94. The van der Waals surface area contributed by atoms with Gasteiger partial charge in [-0.1, -0.05) is 13.8 Å². The van der Waals surface area contributed by atoms with Crippen molar-refractivity contribution in [2.45, 2.75) is 33.6 Å². The van der Waals surface area contributed by atoms with Crippen LogP contribution in [0.3, 0.4) is 0 Å². The lowest BCUT2D eigenvalue weighted by Crippen LogP contribution is -2.32. The summed E-state index contributed by atoms with van der Waals surface area (Å²) < 4.78 is 4.53. The molecule has 0 saturated heterocycles. The second-order valence-electron chi connectivity index (χ2n) is 4.01. The molecule has 0 bridgehead atoms. The van der Waals surface area contributed by atoms with Gasteiger partial charge < -0.3 is 9.64 Å². The van der Waals surface area contributed by atoms with Gasteiger partial charge in [-0.2, -0.15) is 0 Å². The van der Waals surface area contributed by atoms with Crippen molar-refractivity contribution >= 4 is 11.9 Å². The molecule has 0 aromatic carbocycles. The van der Waals surface area contributed by atoms with Crippen molar-refractivity contribution in [3.63, 3.8) is 0 Å². The zero-order valence-corrected chi connectivity index (χ0v) is 10.1. The molecule has 0 spiro atoms. The van der Waals surface area contributed by atoms with E-state index in [4.69, 9.17) is 0 Å². The molecular formula is C11H21NO3. The zero-order valence-electron chi connectivity index (χ0n) is 10.1. The Labute approximate surface area is 91.6 Å². The van der Waals surface area contributed by atoms with Crippen LogP contribution in [0, 0.1) is 5.92 Å². The van der Waals surface area contributed by atoms with E-state index < -0.39 is 0 Å². The number of nitrogens with zero attached hydrogens (tertiary/aromatic N) is 1. The molecule has 0 atom stereocenters. The number of ether oxygens (including phenoxy) is 1. The van der Waals surface area contributed by atoms with Crippen LogP contribution >= 0.6 is 0 Å². The molecule has 0 aliphatic rings. The molecule has 4 heteroatoms. The maximum atomic E-state index is 11.2. The summed E-state index contributed by atoms with van der Waals surface area (Å²) >= 11 is 0. The first kappa shape index (κ1) is 13.9. The minimum absolute atomic E-state index is 0.0135. The third kappa shape index (κ3) is 6.94. The third-order valence-corrected chi connectivity index (χ3v) is 2.24. The Morgan fingerprint density at radius 2 is 1.87 bits per heavy atom. The van der Waals surface area contributed by atoms with Crippen LogP contribution in [0.5, 0.6) is 0 Å². The lowest BCUT2D eigenvalue weighted by Gasteiger charge is -2.21. The predicted octanol–water partition coefficient (Wildman–Crippen LogP) is 1.44. The van der Waals surface area contributed by atoms with Gasteiger partial charge in [-0.15, -0.1) is 0 Å². The lowest BCUT2D eigenvalue weighted by atomic mass is 10.1. The van der Waals surface area contributed by atoms with Gasteiger partial charge in [0.05, 0.1) is 13.5 Å². The van der Waals surface area contributed by atoms with E-state index in [1.807, 2.05) is 0 Å². The molecule has 0 fully saturated rings. The van der Waals surface area contributed by atoms with E-state index in [0.717, 1.165) is 6.42 Å². The van der Waals surface area contributed by atoms with Gasteiger partial charge in [-0.3, -0.25) is 9.59 Å². The minimum Gasteiger partial charge on any atom is -0.469 e. The van der Waals surface area contributed by atoms with Crippen molar-refractivity contribution in [2.75, 3.05) is 20.2 Å². The van der Waals surface area contributed by atoms with Gasteiger partial charge in [-0.05, 0) is 12.3 Å². The molecule has 0 heterocycles. The Morgan fingerprint density at radius 3 is 2.27 bits per heavy atom. The summed E-state index contributed by atoms with van der Waals surface area (Å²) in [7, 11) is 1.36. The number of amides is 1. The first-order valence-corrected chi connectivity index (χ1v) is 5.29. The van der Waals surface area contributed by atoms with Crippen molar-refractivity contribution in [3.05, 3.63) is 0 Å². The van der Waals surface area contributed by atoms with Crippen LogP contribution in [0.1, 0.15) is 33.6 Å². The summed E-state index contributed by atoms with van der Waals surface area (Å²) in [5.41, 5.74) is 0. The monoisotopic (exact) mass is 215 g/mol. The van der Waals surface area contributed by atoms with E-state index in [-0.39, 0.29) is 18.3 Å². The van der Waals surface area contributed by atoms with Gasteiger partial charge in [0.1, 0.15) is 0 Å². The summed E-state index contributed by atoms with van der Waals surface area (Å²) in [6, 6.07) is 0. The molecule has 0 aliphatic carbocycles. The van der Waals surface area contributed by atoms with Crippen LogP contribution in [0.2, 0.25) is 0 Å². The number of hydrogen-bond acceptors (Lipinski definition) is 3. The van der Waals surface area contributed by atoms with Gasteiger partial charge in [0, 0.05) is 20.0 Å². The molecule has 0 aliphatic heterocycles. The summed E-state index contributed by atoms with van der Waals surface area (Å²) in [5, 5.41) is 0. The van der Waals surface area contributed by atoms with E-state index in [0.29, 0.717) is 19.0 Å². The number of rotatable bonds is 6. The first-order chi connectivity index (χ1) is 6.97. The summed E-state index contributed by atoms with van der Waals surface area (Å²) in [4.78, 5) is 23.8. The van der Waals surface area contributed by atoms with Crippen LogP contribution in [0.25, 0.3) is 0 Å². The van der Waals surface area contributed by atoms with Crippen LogP contribution in [0.15, 0.2) is 0 Å². The number of esters is 1. The summed E-state index contributed by atoms with van der Waals surface area (Å²) in [5.74, 6) is 0.301. The quantitative estimate of drug-likeness (QED) is 0.630. The molecule has 0 aromatic heterocycles. The third-order valence-electron chi connectivity index (χ3n) is 2.24. The standard InChI is InChI=1S/C11H21NO3/c1-9(2)5-7-12(10(3)13)8-6-11(14)15-4/h9H,5-8H2,1-4H3. The molecular weight excluding hydrogens is 194 g/mol. The number of carbonyl (C=O) groups excluding carboxylic acids is 2. The zero-order chi connectivity index (χ0) is 11.8. The number of hydrogen-bond donors (Lipinski definition) is 0. The Bertz CT molecular complexity index is 214. The Morgan fingerprint density at radius 1 is 1.27 bits per heavy atom. The van der Waals surface area contributed by atoms with Gasteiger partial charge >= 0.3 is 5.97 Å². The normalized spacial score (nSPS) is 10.2. The van der Waals surface area contributed by atoms with Gasteiger partial charge in [0.2, 0.25) is 5.91 Å². The highest BCUT2D eigenvalue weighted by Crippen LogP contribution is 2.03. The average Bonchev–Trinajstić information content (AvgIpc) is 2.16. The summed E-state index contributed by atoms with van der Waals surface area (Å²) in [6.07, 6.45) is 1.23. The molecule has 15 heavy (non-hydrogen) atoms. The first-order valence-electron chi connectivity index (χ1n) is 5.29. The SMILES string of the molecule is COC(=O)CCN(CCC(C)C)C(C)=O. The van der Waals surface area contributed by atoms with Crippen LogP contribution < -0.4 is 0 Å². The van der Waals surface area contributed by atoms with Gasteiger partial charge in [0.15, 0.2) is 0 Å². The largest absolute Gasteiger partial charge is 0.469 e. The van der Waals surface area contributed by atoms with Crippen molar-refractivity contribution in [3.8, 4) is 0 Å². The van der Waals surface area contributed by atoms with Gasteiger partial charge in [0.25, 0.3) is 0 Å². The molecule has 88 valence electrons. The molecule has 4 nitrogen and oxygen atoms in total. The van der Waals surface area contributed by atoms with Gasteiger partial charge in [-0.25, -0.2) is 0 Å². The minimum atomic E-state index is -0.272. The van der Waals surface area contributed by atoms with Crippen molar-refractivity contribution < 1.29 is 14.3 Å². The smallest absolute Gasteiger partial charge is 0.307 e. The predicted molar refractivity (Wildman–Crippen MR) is 58.3 cm³/mol. The highest BCUT2D eigenvalue weighted by Gasteiger charge is 2.11. The fourth-order valence-corrected chi connectivity index (χ4v) is 1.17. The number of methoxy groups -OCH3 is 1. The maximum absolute atomic E-state index is 11.2.